The number of benzene rings is 1. The van der Waals surface area contributed by atoms with Crippen molar-refractivity contribution in [2.24, 2.45) is 0 Å². The molecule has 0 saturated carbocycles. The summed E-state index contributed by atoms with van der Waals surface area (Å²) >= 11 is 0. The second kappa shape index (κ2) is 8.70. The van der Waals surface area contributed by atoms with Crippen molar-refractivity contribution in [3.05, 3.63) is 29.8 Å². The molecule has 4 heteroatoms. The molecular formula is C19H28N2O2. The predicted molar refractivity (Wildman–Crippen MR) is 93.5 cm³/mol. The Morgan fingerprint density at radius 1 is 1.09 bits per heavy atom. The van der Waals surface area contributed by atoms with Crippen LogP contribution in [-0.2, 0) is 16.0 Å². The first-order valence-corrected chi connectivity index (χ1v) is 8.77. The summed E-state index contributed by atoms with van der Waals surface area (Å²) in [6.07, 6.45) is 5.90. The van der Waals surface area contributed by atoms with Gasteiger partial charge in [-0.1, -0.05) is 38.0 Å². The van der Waals surface area contributed by atoms with Crippen LogP contribution in [0.1, 0.15) is 51.5 Å². The van der Waals surface area contributed by atoms with Gasteiger partial charge in [0.15, 0.2) is 0 Å². The molecule has 0 unspecified atom stereocenters. The van der Waals surface area contributed by atoms with E-state index < -0.39 is 0 Å². The number of nitrogens with zero attached hydrogens (tertiary/aromatic N) is 2. The summed E-state index contributed by atoms with van der Waals surface area (Å²) in [6, 6.07) is 7.95. The van der Waals surface area contributed by atoms with Gasteiger partial charge in [-0.3, -0.25) is 9.59 Å². The minimum atomic E-state index is -0.00503. The average Bonchev–Trinajstić information content (AvgIpc) is 2.84. The van der Waals surface area contributed by atoms with E-state index in [2.05, 4.69) is 6.92 Å². The first kappa shape index (κ1) is 17.5. The standard InChI is InChI=1S/C19H28N2O2/c1-3-17-10-6-7-11-18(17)21(16(2)22)15-12-19(23)20-13-8-4-5-9-14-20/h6-7,10-11H,3-5,8-9,12-15H2,1-2H3. The third kappa shape index (κ3) is 4.81. The minimum Gasteiger partial charge on any atom is -0.343 e. The van der Waals surface area contributed by atoms with Gasteiger partial charge in [0.1, 0.15) is 0 Å². The Balaban J connectivity index is 2.02. The average molecular weight is 316 g/mol. The van der Waals surface area contributed by atoms with Crippen molar-refractivity contribution >= 4 is 17.5 Å². The molecule has 1 aromatic carbocycles. The molecule has 1 aromatic rings. The number of rotatable bonds is 5. The minimum absolute atomic E-state index is 0.00503. The number of aryl methyl sites for hydroxylation is 1. The van der Waals surface area contributed by atoms with Gasteiger partial charge < -0.3 is 9.80 Å². The molecule has 0 aromatic heterocycles. The number of hydrogen-bond acceptors (Lipinski definition) is 2. The van der Waals surface area contributed by atoms with Crippen molar-refractivity contribution < 1.29 is 9.59 Å². The molecule has 1 heterocycles. The van der Waals surface area contributed by atoms with Gasteiger partial charge in [0, 0.05) is 38.7 Å². The summed E-state index contributed by atoms with van der Waals surface area (Å²) in [5, 5.41) is 0. The van der Waals surface area contributed by atoms with Crippen molar-refractivity contribution in [2.75, 3.05) is 24.5 Å². The summed E-state index contributed by atoms with van der Waals surface area (Å²) < 4.78 is 0. The molecule has 0 spiro atoms. The zero-order chi connectivity index (χ0) is 16.7. The first-order chi connectivity index (χ1) is 11.1. The number of carbonyl (C=O) groups excluding carboxylic acids is 2. The van der Waals surface area contributed by atoms with E-state index in [0.29, 0.717) is 13.0 Å². The van der Waals surface area contributed by atoms with Crippen molar-refractivity contribution in [3.8, 4) is 0 Å². The van der Waals surface area contributed by atoms with E-state index in [0.717, 1.165) is 43.6 Å². The second-order valence-corrected chi connectivity index (χ2v) is 6.20. The van der Waals surface area contributed by atoms with Crippen LogP contribution in [0.3, 0.4) is 0 Å². The third-order valence-electron chi connectivity index (χ3n) is 4.55. The quantitative estimate of drug-likeness (QED) is 0.835. The van der Waals surface area contributed by atoms with E-state index in [1.807, 2.05) is 29.2 Å². The Morgan fingerprint density at radius 2 is 1.74 bits per heavy atom. The number of hydrogen-bond donors (Lipinski definition) is 0. The Labute approximate surface area is 139 Å². The van der Waals surface area contributed by atoms with Crippen molar-refractivity contribution in [2.45, 2.75) is 52.4 Å². The fourth-order valence-electron chi connectivity index (χ4n) is 3.21. The number of para-hydroxylation sites is 1. The smallest absolute Gasteiger partial charge is 0.224 e. The fourth-order valence-corrected chi connectivity index (χ4v) is 3.21. The molecule has 1 fully saturated rings. The Kier molecular flexibility index (Phi) is 6.63. The first-order valence-electron chi connectivity index (χ1n) is 8.77. The molecule has 23 heavy (non-hydrogen) atoms. The molecule has 0 radical (unpaired) electrons. The van der Waals surface area contributed by atoms with Crippen LogP contribution in [0.25, 0.3) is 0 Å². The normalized spacial score (nSPS) is 15.1. The molecule has 4 nitrogen and oxygen atoms in total. The molecule has 1 saturated heterocycles. The van der Waals surface area contributed by atoms with Crippen LogP contribution in [0.4, 0.5) is 5.69 Å². The summed E-state index contributed by atoms with van der Waals surface area (Å²) in [5.74, 6) is 0.168. The van der Waals surface area contributed by atoms with Crippen LogP contribution < -0.4 is 4.90 Å². The molecule has 0 aliphatic carbocycles. The van der Waals surface area contributed by atoms with E-state index in [-0.39, 0.29) is 11.8 Å². The zero-order valence-corrected chi connectivity index (χ0v) is 14.4. The van der Waals surface area contributed by atoms with E-state index in [9.17, 15) is 9.59 Å². The maximum atomic E-state index is 12.5. The van der Waals surface area contributed by atoms with Gasteiger partial charge in [0.2, 0.25) is 11.8 Å². The lowest BCUT2D eigenvalue weighted by molar-refractivity contribution is -0.131. The van der Waals surface area contributed by atoms with Gasteiger partial charge in [-0.05, 0) is 30.9 Å². The van der Waals surface area contributed by atoms with Gasteiger partial charge in [0.25, 0.3) is 0 Å². The Hall–Kier alpha value is -1.84. The monoisotopic (exact) mass is 316 g/mol. The zero-order valence-electron chi connectivity index (χ0n) is 14.4. The molecule has 0 atom stereocenters. The Bertz CT molecular complexity index is 534. The lowest BCUT2D eigenvalue weighted by Gasteiger charge is -2.26. The van der Waals surface area contributed by atoms with Gasteiger partial charge in [-0.2, -0.15) is 0 Å². The molecular weight excluding hydrogens is 288 g/mol. The predicted octanol–water partition coefficient (Wildman–Crippen LogP) is 3.39. The van der Waals surface area contributed by atoms with Crippen molar-refractivity contribution in [3.63, 3.8) is 0 Å². The van der Waals surface area contributed by atoms with E-state index in [1.165, 1.54) is 12.8 Å². The molecule has 2 rings (SSSR count). The van der Waals surface area contributed by atoms with E-state index in [4.69, 9.17) is 0 Å². The second-order valence-electron chi connectivity index (χ2n) is 6.20. The molecule has 1 aliphatic rings. The summed E-state index contributed by atoms with van der Waals surface area (Å²) in [7, 11) is 0. The highest BCUT2D eigenvalue weighted by Crippen LogP contribution is 2.22. The maximum Gasteiger partial charge on any atom is 0.224 e. The van der Waals surface area contributed by atoms with Crippen molar-refractivity contribution in [1.29, 1.82) is 0 Å². The van der Waals surface area contributed by atoms with Crippen LogP contribution >= 0.6 is 0 Å². The van der Waals surface area contributed by atoms with Crippen LogP contribution in [-0.4, -0.2) is 36.3 Å². The van der Waals surface area contributed by atoms with Crippen LogP contribution in [0.2, 0.25) is 0 Å². The lowest BCUT2D eigenvalue weighted by Crippen LogP contribution is -2.37. The summed E-state index contributed by atoms with van der Waals surface area (Å²) in [4.78, 5) is 28.2. The van der Waals surface area contributed by atoms with E-state index in [1.54, 1.807) is 11.8 Å². The molecule has 0 bridgehead atoms. The van der Waals surface area contributed by atoms with Gasteiger partial charge in [-0.25, -0.2) is 0 Å². The SMILES string of the molecule is CCc1ccccc1N(CCC(=O)N1CCCCCC1)C(C)=O. The Morgan fingerprint density at radius 3 is 2.35 bits per heavy atom. The van der Waals surface area contributed by atoms with Gasteiger partial charge in [0.05, 0.1) is 0 Å². The molecule has 0 N–H and O–H groups in total. The summed E-state index contributed by atoms with van der Waals surface area (Å²) in [5.41, 5.74) is 2.08. The number of carbonyl (C=O) groups is 2. The van der Waals surface area contributed by atoms with E-state index >= 15 is 0 Å². The van der Waals surface area contributed by atoms with Crippen LogP contribution in [0.5, 0.6) is 0 Å². The highest BCUT2D eigenvalue weighted by Gasteiger charge is 2.19. The number of anilines is 1. The number of likely N-dealkylation sites (tertiary alicyclic amines) is 1. The fraction of sp³-hybridized carbons (Fsp3) is 0.579. The maximum absolute atomic E-state index is 12.5. The van der Waals surface area contributed by atoms with Crippen molar-refractivity contribution in [1.82, 2.24) is 4.90 Å². The molecule has 126 valence electrons. The lowest BCUT2D eigenvalue weighted by atomic mass is 10.1. The van der Waals surface area contributed by atoms with Gasteiger partial charge in [-0.15, -0.1) is 0 Å². The van der Waals surface area contributed by atoms with Crippen LogP contribution in [0.15, 0.2) is 24.3 Å². The van der Waals surface area contributed by atoms with Crippen LogP contribution in [0, 0.1) is 0 Å². The molecule has 2 amide bonds. The number of amides is 2. The topological polar surface area (TPSA) is 40.6 Å². The largest absolute Gasteiger partial charge is 0.343 e. The highest BCUT2D eigenvalue weighted by molar-refractivity contribution is 5.93. The molecule has 1 aliphatic heterocycles. The highest BCUT2D eigenvalue weighted by atomic mass is 16.2. The van der Waals surface area contributed by atoms with Gasteiger partial charge >= 0.3 is 0 Å². The third-order valence-corrected chi connectivity index (χ3v) is 4.55. The summed E-state index contributed by atoms with van der Waals surface area (Å²) in [6.45, 7) is 5.85.